The van der Waals surface area contributed by atoms with Crippen molar-refractivity contribution in [1.29, 1.82) is 0 Å². The number of pyridine rings is 1. The van der Waals surface area contributed by atoms with Crippen LogP contribution >= 0.6 is 11.3 Å². The lowest BCUT2D eigenvalue weighted by atomic mass is 10.1. The average Bonchev–Trinajstić information content (AvgIpc) is 3.20. The van der Waals surface area contributed by atoms with Crippen LogP contribution in [0.4, 0.5) is 5.95 Å². The van der Waals surface area contributed by atoms with E-state index in [1.807, 2.05) is 36.6 Å². The predicted molar refractivity (Wildman–Crippen MR) is 89.2 cm³/mol. The van der Waals surface area contributed by atoms with E-state index in [1.54, 1.807) is 34.7 Å². The molecule has 0 fully saturated rings. The number of anilines is 1. The number of rotatable bonds is 6. The summed E-state index contributed by atoms with van der Waals surface area (Å²) in [5, 5.41) is 9.06. The van der Waals surface area contributed by atoms with E-state index in [0.717, 1.165) is 12.0 Å². The van der Waals surface area contributed by atoms with Crippen molar-refractivity contribution in [2.45, 2.75) is 19.9 Å². The predicted octanol–water partition coefficient (Wildman–Crippen LogP) is 2.60. The van der Waals surface area contributed by atoms with Crippen molar-refractivity contribution in [2.24, 2.45) is 5.92 Å². The molecular weight excluding hydrogens is 310 g/mol. The van der Waals surface area contributed by atoms with Crippen LogP contribution in [0.15, 0.2) is 48.4 Å². The van der Waals surface area contributed by atoms with Gasteiger partial charge in [0.05, 0.1) is 6.54 Å². The smallest absolute Gasteiger partial charge is 0.248 e. The fourth-order valence-electron chi connectivity index (χ4n) is 2.16. The highest BCUT2D eigenvalue weighted by Crippen LogP contribution is 2.15. The van der Waals surface area contributed by atoms with Gasteiger partial charge in [-0.1, -0.05) is 19.1 Å². The molecule has 3 heterocycles. The SMILES string of the molecule is C[C@H](Cc1cccs1)C(=O)Nc1ncn(Cc2cccnc2)n1. The summed E-state index contributed by atoms with van der Waals surface area (Å²) in [6.07, 6.45) is 5.83. The van der Waals surface area contributed by atoms with Crippen LogP contribution in [-0.4, -0.2) is 25.7 Å². The van der Waals surface area contributed by atoms with Gasteiger partial charge in [-0.2, -0.15) is 0 Å². The van der Waals surface area contributed by atoms with Gasteiger partial charge in [-0.25, -0.2) is 9.67 Å². The molecule has 0 aliphatic carbocycles. The molecule has 6 nitrogen and oxygen atoms in total. The van der Waals surface area contributed by atoms with Gasteiger partial charge < -0.3 is 0 Å². The van der Waals surface area contributed by atoms with Gasteiger partial charge in [-0.05, 0) is 29.5 Å². The monoisotopic (exact) mass is 327 g/mol. The minimum absolute atomic E-state index is 0.0717. The van der Waals surface area contributed by atoms with E-state index in [0.29, 0.717) is 12.5 Å². The van der Waals surface area contributed by atoms with Crippen LogP contribution in [0, 0.1) is 5.92 Å². The van der Waals surface area contributed by atoms with Crippen LogP contribution in [0.25, 0.3) is 0 Å². The van der Waals surface area contributed by atoms with E-state index in [1.165, 1.54) is 4.88 Å². The van der Waals surface area contributed by atoms with Crippen LogP contribution in [-0.2, 0) is 17.8 Å². The number of hydrogen-bond donors (Lipinski definition) is 1. The Hall–Kier alpha value is -2.54. The number of thiophene rings is 1. The summed E-state index contributed by atoms with van der Waals surface area (Å²) in [6.45, 7) is 2.48. The summed E-state index contributed by atoms with van der Waals surface area (Å²) in [4.78, 5) is 21.6. The van der Waals surface area contributed by atoms with Gasteiger partial charge in [0, 0.05) is 23.2 Å². The summed E-state index contributed by atoms with van der Waals surface area (Å²) in [5.74, 6) is 0.133. The van der Waals surface area contributed by atoms with Crippen LogP contribution in [0.5, 0.6) is 0 Å². The number of carbonyl (C=O) groups excluding carboxylic acids is 1. The van der Waals surface area contributed by atoms with Crippen LogP contribution in [0.3, 0.4) is 0 Å². The van der Waals surface area contributed by atoms with Gasteiger partial charge in [0.15, 0.2) is 0 Å². The summed E-state index contributed by atoms with van der Waals surface area (Å²) in [5.41, 5.74) is 1.03. The lowest BCUT2D eigenvalue weighted by molar-refractivity contribution is -0.119. The molecule has 3 aromatic heterocycles. The zero-order valence-electron chi connectivity index (χ0n) is 12.7. The third-order valence-corrected chi connectivity index (χ3v) is 4.27. The van der Waals surface area contributed by atoms with E-state index in [-0.39, 0.29) is 11.8 Å². The largest absolute Gasteiger partial charge is 0.293 e. The van der Waals surface area contributed by atoms with Crippen molar-refractivity contribution in [2.75, 3.05) is 5.32 Å². The molecule has 23 heavy (non-hydrogen) atoms. The van der Waals surface area contributed by atoms with E-state index < -0.39 is 0 Å². The molecule has 0 saturated heterocycles. The van der Waals surface area contributed by atoms with Gasteiger partial charge in [0.2, 0.25) is 11.9 Å². The Labute approximate surface area is 138 Å². The highest BCUT2D eigenvalue weighted by Gasteiger charge is 2.16. The molecule has 1 N–H and O–H groups in total. The van der Waals surface area contributed by atoms with Crippen molar-refractivity contribution in [3.63, 3.8) is 0 Å². The quantitative estimate of drug-likeness (QED) is 0.755. The Kier molecular flexibility index (Phi) is 4.77. The Bertz CT molecular complexity index is 754. The van der Waals surface area contributed by atoms with Crippen LogP contribution in [0.2, 0.25) is 0 Å². The molecule has 7 heteroatoms. The molecular formula is C16H17N5OS. The Morgan fingerprint density at radius 2 is 2.30 bits per heavy atom. The Balaban J connectivity index is 1.57. The van der Waals surface area contributed by atoms with E-state index in [4.69, 9.17) is 0 Å². The molecule has 0 aliphatic heterocycles. The molecule has 3 aromatic rings. The molecule has 3 rings (SSSR count). The third kappa shape index (κ3) is 4.23. The Morgan fingerprint density at radius 3 is 3.04 bits per heavy atom. The molecule has 0 saturated carbocycles. The van der Waals surface area contributed by atoms with Crippen molar-refractivity contribution in [3.05, 3.63) is 58.8 Å². The van der Waals surface area contributed by atoms with Gasteiger partial charge in [0.25, 0.3) is 0 Å². The minimum Gasteiger partial charge on any atom is -0.293 e. The Morgan fingerprint density at radius 1 is 1.39 bits per heavy atom. The van der Waals surface area contributed by atoms with Crippen molar-refractivity contribution in [3.8, 4) is 0 Å². The average molecular weight is 327 g/mol. The summed E-state index contributed by atoms with van der Waals surface area (Å²) in [6, 6.07) is 7.87. The zero-order chi connectivity index (χ0) is 16.1. The second kappa shape index (κ2) is 7.15. The first-order valence-electron chi connectivity index (χ1n) is 7.32. The fraction of sp³-hybridized carbons (Fsp3) is 0.250. The maximum Gasteiger partial charge on any atom is 0.248 e. The molecule has 118 valence electrons. The second-order valence-corrected chi connectivity index (χ2v) is 6.33. The first-order chi connectivity index (χ1) is 11.2. The normalized spacial score (nSPS) is 12.0. The highest BCUT2D eigenvalue weighted by molar-refractivity contribution is 7.09. The second-order valence-electron chi connectivity index (χ2n) is 5.30. The molecule has 0 bridgehead atoms. The lowest BCUT2D eigenvalue weighted by Crippen LogP contribution is -2.22. The van der Waals surface area contributed by atoms with Gasteiger partial charge >= 0.3 is 0 Å². The highest BCUT2D eigenvalue weighted by atomic mass is 32.1. The van der Waals surface area contributed by atoms with Gasteiger partial charge in [0.1, 0.15) is 6.33 Å². The molecule has 1 atom stereocenters. The molecule has 0 aromatic carbocycles. The summed E-state index contributed by atoms with van der Waals surface area (Å²) in [7, 11) is 0. The van der Waals surface area contributed by atoms with Crippen LogP contribution < -0.4 is 5.32 Å². The maximum absolute atomic E-state index is 12.2. The zero-order valence-corrected chi connectivity index (χ0v) is 13.5. The number of carbonyl (C=O) groups is 1. The number of aromatic nitrogens is 4. The van der Waals surface area contributed by atoms with Crippen molar-refractivity contribution in [1.82, 2.24) is 19.7 Å². The number of nitrogens with one attached hydrogen (secondary N) is 1. The van der Waals surface area contributed by atoms with Crippen molar-refractivity contribution >= 4 is 23.2 Å². The van der Waals surface area contributed by atoms with E-state index >= 15 is 0 Å². The number of hydrogen-bond acceptors (Lipinski definition) is 5. The van der Waals surface area contributed by atoms with E-state index in [9.17, 15) is 4.79 Å². The molecule has 0 aliphatic rings. The standard InChI is InChI=1S/C16H17N5OS/c1-12(8-14-5-3-7-23-14)15(22)19-16-18-11-21(20-16)10-13-4-2-6-17-9-13/h2-7,9,11-12H,8,10H2,1H3,(H,19,20,22)/t12-/m1/s1. The first kappa shape index (κ1) is 15.4. The molecule has 0 unspecified atom stereocenters. The molecule has 0 radical (unpaired) electrons. The minimum atomic E-state index is -0.126. The first-order valence-corrected chi connectivity index (χ1v) is 8.20. The summed E-state index contributed by atoms with van der Waals surface area (Å²) < 4.78 is 1.68. The fourth-order valence-corrected chi connectivity index (χ4v) is 3.00. The topological polar surface area (TPSA) is 72.7 Å². The van der Waals surface area contributed by atoms with Gasteiger partial charge in [-0.15, -0.1) is 16.4 Å². The van der Waals surface area contributed by atoms with E-state index in [2.05, 4.69) is 20.4 Å². The third-order valence-electron chi connectivity index (χ3n) is 3.37. The van der Waals surface area contributed by atoms with Gasteiger partial charge in [-0.3, -0.25) is 15.1 Å². The van der Waals surface area contributed by atoms with Crippen LogP contribution in [0.1, 0.15) is 17.4 Å². The maximum atomic E-state index is 12.2. The number of amides is 1. The summed E-state index contributed by atoms with van der Waals surface area (Å²) >= 11 is 1.66. The molecule has 0 spiro atoms. The van der Waals surface area contributed by atoms with Crippen molar-refractivity contribution < 1.29 is 4.79 Å². The molecule has 1 amide bonds. The number of nitrogens with zero attached hydrogens (tertiary/aromatic N) is 4. The lowest BCUT2D eigenvalue weighted by Gasteiger charge is -2.08.